The molecule has 1 amide bonds. The Balaban J connectivity index is 1.85. The maximum Gasteiger partial charge on any atom is 0.273 e. The molecule has 0 bridgehead atoms. The van der Waals surface area contributed by atoms with E-state index in [2.05, 4.69) is 10.5 Å². The molecule has 0 radical (unpaired) electrons. The van der Waals surface area contributed by atoms with Gasteiger partial charge in [-0.15, -0.1) is 11.3 Å². The van der Waals surface area contributed by atoms with Crippen LogP contribution < -0.4 is 5.32 Å². The third kappa shape index (κ3) is 4.56. The topological polar surface area (TPSA) is 75.4 Å². The summed E-state index contributed by atoms with van der Waals surface area (Å²) >= 11 is 7.24. The predicted octanol–water partition coefficient (Wildman–Crippen LogP) is 3.59. The van der Waals surface area contributed by atoms with E-state index >= 15 is 0 Å². The van der Waals surface area contributed by atoms with Crippen LogP contribution in [-0.2, 0) is 0 Å². The maximum atomic E-state index is 12.0. The monoisotopic (exact) mass is 342 g/mol. The number of amides is 1. The summed E-state index contributed by atoms with van der Waals surface area (Å²) in [5.41, 5.74) is 0.130. The fourth-order valence-corrected chi connectivity index (χ4v) is 2.87. The van der Waals surface area contributed by atoms with Gasteiger partial charge in [0.15, 0.2) is 11.5 Å². The minimum atomic E-state index is -0.264. The Bertz CT molecular complexity index is 636. The van der Waals surface area contributed by atoms with Crippen molar-refractivity contribution in [3.8, 4) is 10.6 Å². The van der Waals surface area contributed by atoms with Crippen LogP contribution in [0.2, 0.25) is 4.34 Å². The van der Waals surface area contributed by atoms with Crippen LogP contribution in [0.5, 0.6) is 0 Å². The fraction of sp³-hybridized carbons (Fsp3) is 0.467. The van der Waals surface area contributed by atoms with Crippen molar-refractivity contribution in [2.75, 3.05) is 13.2 Å². The van der Waals surface area contributed by atoms with Crippen molar-refractivity contribution in [3.05, 3.63) is 28.2 Å². The Hall–Kier alpha value is -1.37. The standard InChI is InChI=1S/C15H19ClN2O3S/c1-15(2,9-19)6-3-7-17-14(20)10-8-11(21-18-10)12-4-5-13(16)22-12/h4-5,8,19H,3,6-7,9H2,1-2H3,(H,17,20). The van der Waals surface area contributed by atoms with E-state index in [0.717, 1.165) is 17.7 Å². The number of aromatic nitrogens is 1. The normalized spacial score (nSPS) is 11.6. The Morgan fingerprint density at radius 2 is 2.27 bits per heavy atom. The van der Waals surface area contributed by atoms with Crippen LogP contribution in [0.3, 0.4) is 0 Å². The van der Waals surface area contributed by atoms with Crippen LogP contribution in [0.25, 0.3) is 10.6 Å². The first-order chi connectivity index (χ1) is 10.4. The molecule has 0 saturated carbocycles. The van der Waals surface area contributed by atoms with Gasteiger partial charge in [0, 0.05) is 19.2 Å². The number of thiophene rings is 1. The van der Waals surface area contributed by atoms with E-state index in [-0.39, 0.29) is 23.6 Å². The molecule has 22 heavy (non-hydrogen) atoms. The Morgan fingerprint density at radius 1 is 1.50 bits per heavy atom. The van der Waals surface area contributed by atoms with Gasteiger partial charge in [-0.05, 0) is 30.4 Å². The highest BCUT2D eigenvalue weighted by Gasteiger charge is 2.17. The number of nitrogens with one attached hydrogen (secondary N) is 1. The molecule has 0 unspecified atom stereocenters. The number of nitrogens with zero attached hydrogens (tertiary/aromatic N) is 1. The lowest BCUT2D eigenvalue weighted by atomic mass is 9.89. The molecule has 2 aromatic heterocycles. The molecule has 2 aromatic rings. The largest absolute Gasteiger partial charge is 0.396 e. The van der Waals surface area contributed by atoms with Crippen molar-refractivity contribution < 1.29 is 14.4 Å². The average molecular weight is 343 g/mol. The van der Waals surface area contributed by atoms with Gasteiger partial charge in [-0.2, -0.15) is 0 Å². The van der Waals surface area contributed by atoms with Gasteiger partial charge in [-0.25, -0.2) is 0 Å². The molecule has 2 heterocycles. The van der Waals surface area contributed by atoms with Crippen molar-refractivity contribution >= 4 is 28.8 Å². The van der Waals surface area contributed by atoms with Crippen LogP contribution >= 0.6 is 22.9 Å². The average Bonchev–Trinajstić information content (AvgIpc) is 3.12. The summed E-state index contributed by atoms with van der Waals surface area (Å²) in [6.07, 6.45) is 1.63. The SMILES string of the molecule is CC(C)(CO)CCCNC(=O)c1cc(-c2ccc(Cl)s2)on1. The van der Waals surface area contributed by atoms with Crippen LogP contribution in [0.15, 0.2) is 22.7 Å². The molecule has 0 spiro atoms. The van der Waals surface area contributed by atoms with Crippen LogP contribution in [0.1, 0.15) is 37.2 Å². The number of hydrogen-bond donors (Lipinski definition) is 2. The molecule has 0 aliphatic carbocycles. The summed E-state index contributed by atoms with van der Waals surface area (Å²) in [6, 6.07) is 5.20. The van der Waals surface area contributed by atoms with Crippen molar-refractivity contribution in [2.24, 2.45) is 5.41 Å². The van der Waals surface area contributed by atoms with E-state index in [1.165, 1.54) is 11.3 Å². The van der Waals surface area contributed by atoms with Crippen molar-refractivity contribution in [1.29, 1.82) is 0 Å². The summed E-state index contributed by atoms with van der Waals surface area (Å²) < 4.78 is 5.83. The van der Waals surface area contributed by atoms with E-state index in [4.69, 9.17) is 16.1 Å². The molecule has 0 atom stereocenters. The molecule has 120 valence electrons. The summed E-state index contributed by atoms with van der Waals surface area (Å²) in [4.78, 5) is 12.8. The third-order valence-corrected chi connectivity index (χ3v) is 4.55. The van der Waals surface area contributed by atoms with Gasteiger partial charge in [0.05, 0.1) is 9.21 Å². The van der Waals surface area contributed by atoms with Crippen LogP contribution in [0.4, 0.5) is 0 Å². The van der Waals surface area contributed by atoms with Gasteiger partial charge < -0.3 is 14.9 Å². The molecule has 5 nitrogen and oxygen atoms in total. The number of aliphatic hydroxyl groups excluding tert-OH is 1. The van der Waals surface area contributed by atoms with E-state index in [1.54, 1.807) is 12.1 Å². The van der Waals surface area contributed by atoms with E-state index in [0.29, 0.717) is 16.6 Å². The molecule has 0 fully saturated rings. The van der Waals surface area contributed by atoms with Gasteiger partial charge in [-0.1, -0.05) is 30.6 Å². The van der Waals surface area contributed by atoms with Crippen molar-refractivity contribution in [2.45, 2.75) is 26.7 Å². The number of halogens is 1. The highest BCUT2D eigenvalue weighted by atomic mass is 35.5. The zero-order valence-corrected chi connectivity index (χ0v) is 14.1. The lowest BCUT2D eigenvalue weighted by Crippen LogP contribution is -2.26. The van der Waals surface area contributed by atoms with Gasteiger partial charge >= 0.3 is 0 Å². The van der Waals surface area contributed by atoms with Gasteiger partial charge in [0.25, 0.3) is 5.91 Å². The summed E-state index contributed by atoms with van der Waals surface area (Å²) in [5, 5.41) is 15.8. The minimum absolute atomic E-state index is 0.121. The number of hydrogen-bond acceptors (Lipinski definition) is 5. The molecule has 0 aromatic carbocycles. The highest BCUT2D eigenvalue weighted by Crippen LogP contribution is 2.31. The maximum absolute atomic E-state index is 12.0. The molecular formula is C15H19ClN2O3S. The van der Waals surface area contributed by atoms with E-state index < -0.39 is 0 Å². The van der Waals surface area contributed by atoms with Crippen LogP contribution in [-0.4, -0.2) is 29.3 Å². The lowest BCUT2D eigenvalue weighted by Gasteiger charge is -2.20. The van der Waals surface area contributed by atoms with Crippen molar-refractivity contribution in [1.82, 2.24) is 10.5 Å². The summed E-state index contributed by atoms with van der Waals surface area (Å²) in [6.45, 7) is 4.65. The van der Waals surface area contributed by atoms with Crippen molar-refractivity contribution in [3.63, 3.8) is 0 Å². The van der Waals surface area contributed by atoms with Gasteiger partial charge in [-0.3, -0.25) is 4.79 Å². The summed E-state index contributed by atoms with van der Waals surface area (Å²) in [5.74, 6) is 0.267. The quantitative estimate of drug-likeness (QED) is 0.754. The first-order valence-electron chi connectivity index (χ1n) is 7.03. The van der Waals surface area contributed by atoms with Gasteiger partial charge in [0.1, 0.15) is 0 Å². The molecule has 7 heteroatoms. The van der Waals surface area contributed by atoms with Gasteiger partial charge in [0.2, 0.25) is 0 Å². The second-order valence-corrected chi connectivity index (χ2v) is 7.58. The number of carbonyl (C=O) groups is 1. The Labute approximate surface area is 138 Å². The van der Waals surface area contributed by atoms with Crippen LogP contribution in [0, 0.1) is 5.41 Å². The highest BCUT2D eigenvalue weighted by molar-refractivity contribution is 7.19. The molecule has 0 aliphatic heterocycles. The van der Waals surface area contributed by atoms with E-state index in [1.807, 2.05) is 19.9 Å². The smallest absolute Gasteiger partial charge is 0.273 e. The zero-order valence-electron chi connectivity index (χ0n) is 12.6. The Kier molecular flexibility index (Phi) is 5.61. The minimum Gasteiger partial charge on any atom is -0.396 e. The first kappa shape index (κ1) is 17.0. The summed E-state index contributed by atoms with van der Waals surface area (Å²) in [7, 11) is 0. The molecule has 0 saturated heterocycles. The molecule has 0 aliphatic rings. The fourth-order valence-electron chi connectivity index (χ4n) is 1.88. The second kappa shape index (κ2) is 7.26. The second-order valence-electron chi connectivity index (χ2n) is 5.86. The zero-order chi connectivity index (χ0) is 16.2. The van der Waals surface area contributed by atoms with E-state index in [9.17, 15) is 9.90 Å². The molecule has 2 rings (SSSR count). The first-order valence-corrected chi connectivity index (χ1v) is 8.22. The molecule has 2 N–H and O–H groups in total. The Morgan fingerprint density at radius 3 is 2.91 bits per heavy atom. The lowest BCUT2D eigenvalue weighted by molar-refractivity contribution is 0.0939. The predicted molar refractivity (Wildman–Crippen MR) is 87.3 cm³/mol. The number of rotatable bonds is 7. The molecular weight excluding hydrogens is 324 g/mol. The number of carbonyl (C=O) groups excluding carboxylic acids is 1. The third-order valence-electron chi connectivity index (χ3n) is 3.30. The number of aliphatic hydroxyl groups is 1.